The maximum absolute atomic E-state index is 11.4. The number of carbonyl (C=O) groups is 1. The maximum atomic E-state index is 11.4. The zero-order chi connectivity index (χ0) is 13.1. The van der Waals surface area contributed by atoms with Crippen LogP contribution in [0.1, 0.15) is 45.4 Å². The molecule has 0 heterocycles. The lowest BCUT2D eigenvalue weighted by atomic mass is 9.89. The van der Waals surface area contributed by atoms with Gasteiger partial charge in [0.25, 0.3) is 0 Å². The van der Waals surface area contributed by atoms with E-state index < -0.39 is 0 Å². The molecule has 1 saturated carbocycles. The molecule has 2 N–H and O–H groups in total. The average molecular weight is 254 g/mol. The van der Waals surface area contributed by atoms with Gasteiger partial charge in [-0.2, -0.15) is 0 Å². The second kappa shape index (κ2) is 9.95. The van der Waals surface area contributed by atoms with E-state index >= 15 is 0 Å². The molecule has 0 aromatic carbocycles. The minimum absolute atomic E-state index is 0.126. The normalized spacial score (nSPS) is 16.9. The van der Waals surface area contributed by atoms with Crippen molar-refractivity contribution in [2.75, 3.05) is 19.8 Å². The topological polar surface area (TPSA) is 50.4 Å². The Morgan fingerprint density at radius 1 is 1.33 bits per heavy atom. The van der Waals surface area contributed by atoms with Gasteiger partial charge in [0, 0.05) is 26.0 Å². The second-order valence-electron chi connectivity index (χ2n) is 4.71. The van der Waals surface area contributed by atoms with Gasteiger partial charge in [0.2, 0.25) is 0 Å². The van der Waals surface area contributed by atoms with Crippen molar-refractivity contribution in [1.82, 2.24) is 10.6 Å². The summed E-state index contributed by atoms with van der Waals surface area (Å²) in [4.78, 5) is 11.4. The van der Waals surface area contributed by atoms with E-state index in [0.29, 0.717) is 19.1 Å². The van der Waals surface area contributed by atoms with Gasteiger partial charge in [-0.1, -0.05) is 25.3 Å². The van der Waals surface area contributed by atoms with Gasteiger partial charge in [0.15, 0.2) is 0 Å². The van der Waals surface area contributed by atoms with Crippen molar-refractivity contribution in [2.24, 2.45) is 5.92 Å². The van der Waals surface area contributed by atoms with Crippen LogP contribution in [-0.2, 0) is 4.74 Å². The first kappa shape index (κ1) is 15.0. The lowest BCUT2D eigenvalue weighted by molar-refractivity contribution is 0.145. The van der Waals surface area contributed by atoms with Crippen molar-refractivity contribution in [2.45, 2.75) is 45.4 Å². The third-order valence-corrected chi connectivity index (χ3v) is 3.19. The Morgan fingerprint density at radius 3 is 2.83 bits per heavy atom. The first-order valence-electron chi connectivity index (χ1n) is 7.11. The number of urea groups is 1. The highest BCUT2D eigenvalue weighted by Gasteiger charge is 2.09. The van der Waals surface area contributed by atoms with Crippen LogP contribution in [0, 0.1) is 5.92 Å². The lowest BCUT2D eigenvalue weighted by Crippen LogP contribution is -2.33. The first-order chi connectivity index (χ1) is 8.83. The smallest absolute Gasteiger partial charge is 0.318 e. The predicted molar refractivity (Wildman–Crippen MR) is 73.4 cm³/mol. The summed E-state index contributed by atoms with van der Waals surface area (Å²) in [5.74, 6) is 0.650. The number of allylic oxidation sites excluding steroid dienone is 1. The number of rotatable bonds is 7. The Hall–Kier alpha value is -1.03. The summed E-state index contributed by atoms with van der Waals surface area (Å²) < 4.78 is 5.19. The molecule has 0 unspecified atom stereocenters. The van der Waals surface area contributed by atoms with E-state index in [1.54, 1.807) is 6.20 Å². The summed E-state index contributed by atoms with van der Waals surface area (Å²) in [5.41, 5.74) is 0. The SMILES string of the molecule is CCOCCCNC(=O)N/C=C/C1CCCCC1. The Morgan fingerprint density at radius 2 is 2.11 bits per heavy atom. The zero-order valence-electron chi connectivity index (χ0n) is 11.4. The summed E-state index contributed by atoms with van der Waals surface area (Å²) in [6.07, 6.45) is 11.3. The molecule has 0 radical (unpaired) electrons. The summed E-state index contributed by atoms with van der Waals surface area (Å²) in [5, 5.41) is 5.55. The number of ether oxygens (including phenoxy) is 1. The van der Waals surface area contributed by atoms with Gasteiger partial charge >= 0.3 is 6.03 Å². The molecule has 0 atom stereocenters. The first-order valence-corrected chi connectivity index (χ1v) is 7.11. The van der Waals surface area contributed by atoms with Gasteiger partial charge < -0.3 is 15.4 Å². The highest BCUT2D eigenvalue weighted by molar-refractivity contribution is 5.74. The van der Waals surface area contributed by atoms with Crippen LogP contribution >= 0.6 is 0 Å². The standard InChI is InChI=1S/C14H26N2O2/c1-2-18-12-6-10-15-14(17)16-11-9-13-7-4-3-5-8-13/h9,11,13H,2-8,10,12H2,1H3,(H2,15,16,17)/b11-9+. The molecule has 1 rings (SSSR count). The monoisotopic (exact) mass is 254 g/mol. The largest absolute Gasteiger partial charge is 0.382 e. The molecule has 1 aliphatic rings. The Labute approximate surface area is 110 Å². The van der Waals surface area contributed by atoms with E-state index in [9.17, 15) is 4.79 Å². The van der Waals surface area contributed by atoms with E-state index in [1.165, 1.54) is 32.1 Å². The predicted octanol–water partition coefficient (Wildman–Crippen LogP) is 2.81. The molecule has 0 aromatic rings. The van der Waals surface area contributed by atoms with E-state index in [4.69, 9.17) is 4.74 Å². The van der Waals surface area contributed by atoms with Crippen LogP contribution in [0.15, 0.2) is 12.3 Å². The van der Waals surface area contributed by atoms with Crippen molar-refractivity contribution < 1.29 is 9.53 Å². The van der Waals surface area contributed by atoms with Crippen LogP contribution in [0.3, 0.4) is 0 Å². The van der Waals surface area contributed by atoms with Crippen molar-refractivity contribution in [3.63, 3.8) is 0 Å². The molecular weight excluding hydrogens is 228 g/mol. The fraction of sp³-hybridized carbons (Fsp3) is 0.786. The number of carbonyl (C=O) groups excluding carboxylic acids is 1. The minimum Gasteiger partial charge on any atom is -0.382 e. The van der Waals surface area contributed by atoms with Gasteiger partial charge in [-0.05, 0) is 32.1 Å². The Kier molecular flexibility index (Phi) is 8.30. The van der Waals surface area contributed by atoms with E-state index in [0.717, 1.165) is 13.0 Å². The van der Waals surface area contributed by atoms with E-state index in [2.05, 4.69) is 16.7 Å². The Balaban J connectivity index is 2.00. The van der Waals surface area contributed by atoms with Gasteiger partial charge in [0.05, 0.1) is 0 Å². The fourth-order valence-electron chi connectivity index (χ4n) is 2.16. The number of hydrogen-bond acceptors (Lipinski definition) is 2. The second-order valence-corrected chi connectivity index (χ2v) is 4.71. The molecule has 0 saturated heterocycles. The Bertz CT molecular complexity index is 248. The molecule has 1 fully saturated rings. The summed E-state index contributed by atoms with van der Waals surface area (Å²) in [6, 6.07) is -0.126. The number of hydrogen-bond donors (Lipinski definition) is 2. The summed E-state index contributed by atoms with van der Waals surface area (Å²) in [6.45, 7) is 4.06. The maximum Gasteiger partial charge on any atom is 0.318 e. The third kappa shape index (κ3) is 7.33. The molecule has 1 aliphatic carbocycles. The van der Waals surface area contributed by atoms with Crippen molar-refractivity contribution in [3.8, 4) is 0 Å². The highest BCUT2D eigenvalue weighted by atomic mass is 16.5. The molecule has 4 heteroatoms. The molecule has 4 nitrogen and oxygen atoms in total. The van der Waals surface area contributed by atoms with Crippen LogP contribution in [0.5, 0.6) is 0 Å². The van der Waals surface area contributed by atoms with Gasteiger partial charge in [-0.15, -0.1) is 0 Å². The van der Waals surface area contributed by atoms with Crippen LogP contribution < -0.4 is 10.6 Å². The van der Waals surface area contributed by atoms with E-state index in [1.807, 2.05) is 6.92 Å². The molecule has 104 valence electrons. The highest BCUT2D eigenvalue weighted by Crippen LogP contribution is 2.24. The molecular formula is C14H26N2O2. The average Bonchev–Trinajstić information content (AvgIpc) is 2.40. The van der Waals surface area contributed by atoms with Crippen LogP contribution in [0.4, 0.5) is 4.79 Å². The molecule has 0 bridgehead atoms. The third-order valence-electron chi connectivity index (χ3n) is 3.19. The summed E-state index contributed by atoms with van der Waals surface area (Å²) >= 11 is 0. The van der Waals surface area contributed by atoms with Gasteiger partial charge in [-0.25, -0.2) is 4.79 Å². The van der Waals surface area contributed by atoms with Crippen molar-refractivity contribution in [3.05, 3.63) is 12.3 Å². The van der Waals surface area contributed by atoms with Crippen LogP contribution in [0.2, 0.25) is 0 Å². The molecule has 0 spiro atoms. The quantitative estimate of drug-likeness (QED) is 0.686. The number of amides is 2. The zero-order valence-corrected chi connectivity index (χ0v) is 11.4. The minimum atomic E-state index is -0.126. The number of nitrogens with one attached hydrogen (secondary N) is 2. The fourth-order valence-corrected chi connectivity index (χ4v) is 2.16. The van der Waals surface area contributed by atoms with Gasteiger partial charge in [-0.3, -0.25) is 0 Å². The van der Waals surface area contributed by atoms with Crippen molar-refractivity contribution >= 4 is 6.03 Å². The van der Waals surface area contributed by atoms with Crippen LogP contribution in [-0.4, -0.2) is 25.8 Å². The lowest BCUT2D eigenvalue weighted by Gasteiger charge is -2.17. The molecule has 18 heavy (non-hydrogen) atoms. The molecule has 0 aliphatic heterocycles. The molecule has 2 amide bonds. The van der Waals surface area contributed by atoms with Crippen molar-refractivity contribution in [1.29, 1.82) is 0 Å². The van der Waals surface area contributed by atoms with Crippen LogP contribution in [0.25, 0.3) is 0 Å². The van der Waals surface area contributed by atoms with E-state index in [-0.39, 0.29) is 6.03 Å². The molecule has 0 aromatic heterocycles. The van der Waals surface area contributed by atoms with Gasteiger partial charge in [0.1, 0.15) is 0 Å². The summed E-state index contributed by atoms with van der Waals surface area (Å²) in [7, 11) is 0.